The molecule has 2 amide bonds. The van der Waals surface area contributed by atoms with E-state index in [1.807, 2.05) is 78.0 Å². The van der Waals surface area contributed by atoms with E-state index in [1.54, 1.807) is 0 Å². The summed E-state index contributed by atoms with van der Waals surface area (Å²) in [5.41, 5.74) is 4.59. The van der Waals surface area contributed by atoms with Gasteiger partial charge < -0.3 is 19.5 Å². The second-order valence-corrected chi connectivity index (χ2v) is 10.9. The van der Waals surface area contributed by atoms with Gasteiger partial charge in [-0.2, -0.15) is 0 Å². The second kappa shape index (κ2) is 12.0. The Morgan fingerprint density at radius 1 is 0.805 bits per heavy atom. The van der Waals surface area contributed by atoms with Crippen molar-refractivity contribution < 1.29 is 14.7 Å². The lowest BCUT2D eigenvalue weighted by Crippen LogP contribution is -2.57. The average molecular weight is 550 g/mol. The first-order chi connectivity index (χ1) is 20.1. The highest BCUT2D eigenvalue weighted by molar-refractivity contribution is 5.98. The van der Waals surface area contributed by atoms with Gasteiger partial charge in [-0.3, -0.25) is 9.69 Å². The number of benzene rings is 3. The summed E-state index contributed by atoms with van der Waals surface area (Å²) in [4.78, 5) is 36.6. The summed E-state index contributed by atoms with van der Waals surface area (Å²) in [6.45, 7) is 3.64. The average Bonchev–Trinajstić information content (AvgIpc) is 3.66. The second-order valence-electron chi connectivity index (χ2n) is 10.9. The first kappa shape index (κ1) is 26.8. The number of aromatic nitrogens is 2. The van der Waals surface area contributed by atoms with Crippen molar-refractivity contribution in [3.63, 3.8) is 0 Å². The van der Waals surface area contributed by atoms with Gasteiger partial charge in [-0.1, -0.05) is 91.0 Å². The van der Waals surface area contributed by atoms with Gasteiger partial charge in [-0.05, 0) is 24.0 Å². The minimum Gasteiger partial charge on any atom is -0.465 e. The molecule has 4 aromatic rings. The summed E-state index contributed by atoms with van der Waals surface area (Å²) in [6, 6.07) is 30.4. The molecule has 8 heteroatoms. The predicted molar refractivity (Wildman–Crippen MR) is 158 cm³/mol. The summed E-state index contributed by atoms with van der Waals surface area (Å²) in [5.74, 6) is -0.146. The molecule has 2 atom stereocenters. The van der Waals surface area contributed by atoms with Crippen molar-refractivity contribution in [1.82, 2.24) is 24.3 Å². The van der Waals surface area contributed by atoms with Gasteiger partial charge >= 0.3 is 6.09 Å². The summed E-state index contributed by atoms with van der Waals surface area (Å²) >= 11 is 0. The normalized spacial score (nSPS) is 19.4. The van der Waals surface area contributed by atoms with Crippen LogP contribution in [0.3, 0.4) is 0 Å². The van der Waals surface area contributed by atoms with Crippen molar-refractivity contribution in [3.8, 4) is 11.3 Å². The Hall–Kier alpha value is -4.43. The maximum Gasteiger partial charge on any atom is 0.407 e. The highest BCUT2D eigenvalue weighted by atomic mass is 16.4. The number of piperazine rings is 1. The maximum atomic E-state index is 14.3. The summed E-state index contributed by atoms with van der Waals surface area (Å²) in [7, 11) is 0. The Labute approximate surface area is 240 Å². The quantitative estimate of drug-likeness (QED) is 0.349. The number of likely N-dealkylation sites (tertiary alicyclic amines) is 1. The number of nitrogens with zero attached hydrogens (tertiary/aromatic N) is 5. The largest absolute Gasteiger partial charge is 0.465 e. The standard InChI is InChI=1S/C33H35N5O3/c39-32(37-19-18-36(33(40)41)23-29(37)20-25-10-4-1-5-11-25)30-31(27-14-8-3-9-15-27)38(24-34-30)28-16-17-35(22-28)21-26-12-6-2-7-13-26/h1-15,24,28-29H,16-23H2,(H,40,41)/t28?,29-/m1/s1. The van der Waals surface area contributed by atoms with Gasteiger partial charge in [0.05, 0.1) is 18.1 Å². The molecule has 8 nitrogen and oxygen atoms in total. The molecule has 1 aromatic heterocycles. The Kier molecular flexibility index (Phi) is 7.82. The lowest BCUT2D eigenvalue weighted by Gasteiger charge is -2.40. The highest BCUT2D eigenvalue weighted by Crippen LogP contribution is 2.33. The van der Waals surface area contributed by atoms with E-state index in [-0.39, 0.29) is 31.1 Å². The number of carboxylic acid groups (broad SMARTS) is 1. The number of hydrogen-bond acceptors (Lipinski definition) is 4. The number of hydrogen-bond donors (Lipinski definition) is 1. The molecule has 6 rings (SSSR count). The van der Waals surface area contributed by atoms with Gasteiger partial charge in [0.2, 0.25) is 0 Å². The number of amides is 2. The SMILES string of the molecule is O=C(O)N1CCN(C(=O)c2ncn(C3CCN(Cc4ccccc4)C3)c2-c2ccccc2)[C@H](Cc2ccccc2)C1. The molecule has 2 saturated heterocycles. The number of imidazole rings is 1. The lowest BCUT2D eigenvalue weighted by molar-refractivity contribution is 0.0447. The van der Waals surface area contributed by atoms with Crippen LogP contribution < -0.4 is 0 Å². The van der Waals surface area contributed by atoms with E-state index < -0.39 is 6.09 Å². The molecule has 41 heavy (non-hydrogen) atoms. The van der Waals surface area contributed by atoms with E-state index in [1.165, 1.54) is 10.5 Å². The van der Waals surface area contributed by atoms with Crippen LogP contribution in [0.15, 0.2) is 97.3 Å². The smallest absolute Gasteiger partial charge is 0.407 e. The number of carbonyl (C=O) groups excluding carboxylic acids is 1. The third-order valence-corrected chi connectivity index (χ3v) is 8.26. The minimum atomic E-state index is -0.953. The van der Waals surface area contributed by atoms with E-state index in [0.717, 1.165) is 42.9 Å². The van der Waals surface area contributed by atoms with Crippen molar-refractivity contribution in [2.75, 3.05) is 32.7 Å². The monoisotopic (exact) mass is 549 g/mol. The van der Waals surface area contributed by atoms with Crippen LogP contribution in [0.4, 0.5) is 4.79 Å². The van der Waals surface area contributed by atoms with Crippen LogP contribution in [-0.4, -0.2) is 80.1 Å². The van der Waals surface area contributed by atoms with Crippen molar-refractivity contribution in [3.05, 3.63) is 114 Å². The summed E-state index contributed by atoms with van der Waals surface area (Å²) < 4.78 is 2.19. The molecule has 1 unspecified atom stereocenters. The zero-order valence-corrected chi connectivity index (χ0v) is 23.0. The van der Waals surface area contributed by atoms with Crippen molar-refractivity contribution in [1.29, 1.82) is 0 Å². The molecule has 0 radical (unpaired) electrons. The van der Waals surface area contributed by atoms with Gasteiger partial charge in [0.15, 0.2) is 5.69 Å². The van der Waals surface area contributed by atoms with Crippen LogP contribution in [0.2, 0.25) is 0 Å². The van der Waals surface area contributed by atoms with E-state index >= 15 is 0 Å². The van der Waals surface area contributed by atoms with Crippen LogP contribution >= 0.6 is 0 Å². The Morgan fingerprint density at radius 3 is 2.15 bits per heavy atom. The fraction of sp³-hybridized carbons (Fsp3) is 0.303. The van der Waals surface area contributed by atoms with Crippen LogP contribution in [0.5, 0.6) is 0 Å². The van der Waals surface area contributed by atoms with Crippen molar-refractivity contribution >= 4 is 12.0 Å². The molecule has 0 saturated carbocycles. The first-order valence-corrected chi connectivity index (χ1v) is 14.3. The molecule has 3 aromatic carbocycles. The molecule has 210 valence electrons. The molecule has 0 spiro atoms. The maximum absolute atomic E-state index is 14.3. The Balaban J connectivity index is 1.29. The van der Waals surface area contributed by atoms with Gasteiger partial charge in [0.25, 0.3) is 5.91 Å². The predicted octanol–water partition coefficient (Wildman–Crippen LogP) is 5.04. The van der Waals surface area contributed by atoms with Crippen LogP contribution in [0, 0.1) is 0 Å². The molecular formula is C33H35N5O3. The highest BCUT2D eigenvalue weighted by Gasteiger charge is 2.36. The summed E-state index contributed by atoms with van der Waals surface area (Å²) in [6.07, 6.45) is 2.43. The number of rotatable bonds is 7. The van der Waals surface area contributed by atoms with Gasteiger partial charge in [-0.25, -0.2) is 9.78 Å². The fourth-order valence-electron chi connectivity index (χ4n) is 6.19. The van der Waals surface area contributed by atoms with E-state index in [9.17, 15) is 14.7 Å². The van der Waals surface area contributed by atoms with Gasteiger partial charge in [-0.15, -0.1) is 0 Å². The van der Waals surface area contributed by atoms with Crippen molar-refractivity contribution in [2.45, 2.75) is 31.5 Å². The van der Waals surface area contributed by atoms with Gasteiger partial charge in [0.1, 0.15) is 0 Å². The van der Waals surface area contributed by atoms with E-state index in [2.05, 4.69) is 33.7 Å². The van der Waals surface area contributed by atoms with Crippen LogP contribution in [0.1, 0.15) is 34.1 Å². The summed E-state index contributed by atoms with van der Waals surface area (Å²) in [5, 5.41) is 9.70. The van der Waals surface area contributed by atoms with E-state index in [0.29, 0.717) is 18.7 Å². The molecule has 0 bridgehead atoms. The zero-order valence-electron chi connectivity index (χ0n) is 23.0. The molecule has 2 fully saturated rings. The van der Waals surface area contributed by atoms with Crippen molar-refractivity contribution in [2.24, 2.45) is 0 Å². The minimum absolute atomic E-state index is 0.146. The zero-order chi connectivity index (χ0) is 28.2. The Bertz CT molecular complexity index is 1470. The molecular weight excluding hydrogens is 514 g/mol. The Morgan fingerprint density at radius 2 is 1.46 bits per heavy atom. The topological polar surface area (TPSA) is 81.9 Å². The van der Waals surface area contributed by atoms with Crippen LogP contribution in [0.25, 0.3) is 11.3 Å². The molecule has 0 aliphatic carbocycles. The number of carbonyl (C=O) groups is 2. The van der Waals surface area contributed by atoms with Crippen LogP contribution in [-0.2, 0) is 13.0 Å². The molecule has 2 aliphatic heterocycles. The molecule has 3 heterocycles. The molecule has 1 N–H and O–H groups in total. The van der Waals surface area contributed by atoms with Gasteiger partial charge in [0, 0.05) is 50.9 Å². The lowest BCUT2D eigenvalue weighted by atomic mass is 10.0. The fourth-order valence-corrected chi connectivity index (χ4v) is 6.19. The third kappa shape index (κ3) is 5.88. The first-order valence-electron chi connectivity index (χ1n) is 14.3. The third-order valence-electron chi connectivity index (χ3n) is 8.26. The van der Waals surface area contributed by atoms with E-state index in [4.69, 9.17) is 4.98 Å². The molecule has 2 aliphatic rings.